The van der Waals surface area contributed by atoms with E-state index in [2.05, 4.69) is 20.7 Å². The summed E-state index contributed by atoms with van der Waals surface area (Å²) in [6.07, 6.45) is 2.32. The lowest BCUT2D eigenvalue weighted by Gasteiger charge is -2.10. The molecule has 0 amide bonds. The van der Waals surface area contributed by atoms with Crippen LogP contribution in [0, 0.1) is 18.6 Å². The van der Waals surface area contributed by atoms with E-state index in [9.17, 15) is 8.78 Å². The fourth-order valence-corrected chi connectivity index (χ4v) is 2.75. The predicted molar refractivity (Wildman–Crippen MR) is 105 cm³/mol. The summed E-state index contributed by atoms with van der Waals surface area (Å²) in [6.45, 7) is 6.23. The Labute approximate surface area is 162 Å². The fourth-order valence-electron chi connectivity index (χ4n) is 2.75. The van der Waals surface area contributed by atoms with Crippen LogP contribution in [0.1, 0.15) is 18.9 Å². The maximum atomic E-state index is 13.4. The van der Waals surface area contributed by atoms with Crippen LogP contribution in [0.25, 0.3) is 5.69 Å². The average Bonchev–Trinajstić information content (AvgIpc) is 3.09. The Bertz CT molecular complexity index is 908. The zero-order valence-corrected chi connectivity index (χ0v) is 15.9. The van der Waals surface area contributed by atoms with Gasteiger partial charge in [-0.1, -0.05) is 0 Å². The lowest BCUT2D eigenvalue weighted by molar-refractivity contribution is 0.147. The molecule has 1 aromatic heterocycles. The Morgan fingerprint density at radius 3 is 2.54 bits per heavy atom. The van der Waals surface area contributed by atoms with Gasteiger partial charge in [-0.25, -0.2) is 13.5 Å². The number of anilines is 3. The first-order valence-corrected chi connectivity index (χ1v) is 9.12. The topological polar surface area (TPSA) is 64.0 Å². The van der Waals surface area contributed by atoms with Crippen molar-refractivity contribution in [2.75, 3.05) is 30.4 Å². The van der Waals surface area contributed by atoms with E-state index in [1.54, 1.807) is 0 Å². The van der Waals surface area contributed by atoms with Crippen LogP contribution in [-0.2, 0) is 4.74 Å². The van der Waals surface area contributed by atoms with E-state index in [0.717, 1.165) is 49.2 Å². The number of halogens is 2. The molecule has 0 aliphatic heterocycles. The van der Waals surface area contributed by atoms with Crippen molar-refractivity contribution in [1.29, 1.82) is 0 Å². The van der Waals surface area contributed by atoms with Gasteiger partial charge in [0.1, 0.15) is 18.0 Å². The Balaban J connectivity index is 1.67. The van der Waals surface area contributed by atoms with E-state index in [1.807, 2.05) is 32.0 Å². The summed E-state index contributed by atoms with van der Waals surface area (Å²) in [7, 11) is 0. The first-order valence-electron chi connectivity index (χ1n) is 9.12. The van der Waals surface area contributed by atoms with Crippen molar-refractivity contribution < 1.29 is 13.5 Å². The van der Waals surface area contributed by atoms with Gasteiger partial charge in [0.05, 0.1) is 5.69 Å². The van der Waals surface area contributed by atoms with Crippen molar-refractivity contribution in [3.63, 3.8) is 0 Å². The van der Waals surface area contributed by atoms with Crippen LogP contribution in [0.5, 0.6) is 0 Å². The van der Waals surface area contributed by atoms with Crippen LogP contribution in [-0.4, -0.2) is 34.5 Å². The number of benzene rings is 2. The summed E-state index contributed by atoms with van der Waals surface area (Å²) in [5.41, 5.74) is 3.13. The molecule has 2 aromatic carbocycles. The fraction of sp³-hybridized carbons (Fsp3) is 0.300. The molecule has 0 aliphatic carbocycles. The SMILES string of the molecule is CCOCCCNc1cc(C)cc(Nc2ncn(-c3cc(F)cc(F)c3)n2)c1. The van der Waals surface area contributed by atoms with Crippen LogP contribution in [0.2, 0.25) is 0 Å². The molecule has 0 radical (unpaired) electrons. The summed E-state index contributed by atoms with van der Waals surface area (Å²) in [4.78, 5) is 4.16. The molecule has 1 heterocycles. The van der Waals surface area contributed by atoms with Crippen molar-refractivity contribution in [3.05, 3.63) is 59.9 Å². The maximum absolute atomic E-state index is 13.4. The first kappa shape index (κ1) is 19.8. The molecule has 0 unspecified atom stereocenters. The molecular formula is C20H23F2N5O. The Morgan fingerprint density at radius 1 is 1.04 bits per heavy atom. The largest absolute Gasteiger partial charge is 0.385 e. The van der Waals surface area contributed by atoms with Gasteiger partial charge in [-0.2, -0.15) is 4.98 Å². The highest BCUT2D eigenvalue weighted by Crippen LogP contribution is 2.21. The van der Waals surface area contributed by atoms with E-state index >= 15 is 0 Å². The number of nitrogens with zero attached hydrogens (tertiary/aromatic N) is 3. The predicted octanol–water partition coefficient (Wildman–Crippen LogP) is 4.44. The number of rotatable bonds is 9. The van der Waals surface area contributed by atoms with Crippen molar-refractivity contribution >= 4 is 17.3 Å². The van der Waals surface area contributed by atoms with Crippen molar-refractivity contribution in [1.82, 2.24) is 14.8 Å². The molecule has 6 nitrogen and oxygen atoms in total. The molecule has 0 saturated carbocycles. The minimum atomic E-state index is -0.668. The normalized spacial score (nSPS) is 10.9. The second-order valence-corrected chi connectivity index (χ2v) is 6.33. The molecule has 8 heteroatoms. The Kier molecular flexibility index (Phi) is 6.54. The number of aromatic nitrogens is 3. The van der Waals surface area contributed by atoms with E-state index in [1.165, 1.54) is 23.1 Å². The van der Waals surface area contributed by atoms with Gasteiger partial charge in [-0.05, 0) is 56.2 Å². The molecule has 0 aliphatic rings. The summed E-state index contributed by atoms with van der Waals surface area (Å²) < 4.78 is 33.4. The minimum Gasteiger partial charge on any atom is -0.385 e. The van der Waals surface area contributed by atoms with Crippen LogP contribution in [0.15, 0.2) is 42.7 Å². The van der Waals surface area contributed by atoms with Crippen molar-refractivity contribution in [2.24, 2.45) is 0 Å². The standard InChI is InChI=1S/C20H23F2N5O/c1-3-28-6-4-5-23-17-7-14(2)8-18(12-17)25-20-24-13-27(26-20)19-10-15(21)9-16(22)11-19/h7-13,23H,3-6H2,1-2H3,(H,25,26). The molecule has 0 atom stereocenters. The molecule has 28 heavy (non-hydrogen) atoms. The summed E-state index contributed by atoms with van der Waals surface area (Å²) in [5.74, 6) is -1.00. The maximum Gasteiger partial charge on any atom is 0.246 e. The van der Waals surface area contributed by atoms with Crippen molar-refractivity contribution in [3.8, 4) is 5.69 Å². The molecule has 3 rings (SSSR count). The van der Waals surface area contributed by atoms with Gasteiger partial charge in [0.2, 0.25) is 5.95 Å². The second-order valence-electron chi connectivity index (χ2n) is 6.33. The monoisotopic (exact) mass is 387 g/mol. The molecule has 0 saturated heterocycles. The second kappa shape index (κ2) is 9.27. The van der Waals surface area contributed by atoms with Gasteiger partial charge >= 0.3 is 0 Å². The van der Waals surface area contributed by atoms with Crippen LogP contribution < -0.4 is 10.6 Å². The van der Waals surface area contributed by atoms with Gasteiger partial charge in [-0.3, -0.25) is 0 Å². The molecular weight excluding hydrogens is 364 g/mol. The highest BCUT2D eigenvalue weighted by atomic mass is 19.1. The smallest absolute Gasteiger partial charge is 0.246 e. The van der Waals surface area contributed by atoms with Crippen LogP contribution in [0.3, 0.4) is 0 Å². The van der Waals surface area contributed by atoms with E-state index in [-0.39, 0.29) is 5.69 Å². The highest BCUT2D eigenvalue weighted by Gasteiger charge is 2.07. The van der Waals surface area contributed by atoms with E-state index in [0.29, 0.717) is 5.95 Å². The van der Waals surface area contributed by atoms with Crippen LogP contribution in [0.4, 0.5) is 26.1 Å². The van der Waals surface area contributed by atoms with Gasteiger partial charge in [-0.15, -0.1) is 5.10 Å². The quantitative estimate of drug-likeness (QED) is 0.532. The Hall–Kier alpha value is -3.00. The third kappa shape index (κ3) is 5.50. The van der Waals surface area contributed by atoms with Gasteiger partial charge in [0.25, 0.3) is 0 Å². The zero-order chi connectivity index (χ0) is 19.9. The number of hydrogen-bond acceptors (Lipinski definition) is 5. The number of aryl methyl sites for hydroxylation is 1. The molecule has 0 spiro atoms. The van der Waals surface area contributed by atoms with Crippen molar-refractivity contribution in [2.45, 2.75) is 20.3 Å². The lowest BCUT2D eigenvalue weighted by atomic mass is 10.2. The number of hydrogen-bond donors (Lipinski definition) is 2. The highest BCUT2D eigenvalue weighted by molar-refractivity contribution is 5.63. The first-order chi connectivity index (χ1) is 13.5. The third-order valence-corrected chi connectivity index (χ3v) is 3.94. The minimum absolute atomic E-state index is 0.263. The third-order valence-electron chi connectivity index (χ3n) is 3.94. The van der Waals surface area contributed by atoms with Crippen LogP contribution >= 0.6 is 0 Å². The molecule has 3 aromatic rings. The lowest BCUT2D eigenvalue weighted by Crippen LogP contribution is -2.06. The van der Waals surface area contributed by atoms with Gasteiger partial charge in [0, 0.05) is 37.2 Å². The summed E-state index contributed by atoms with van der Waals surface area (Å²) in [6, 6.07) is 9.17. The average molecular weight is 387 g/mol. The summed E-state index contributed by atoms with van der Waals surface area (Å²) >= 11 is 0. The Morgan fingerprint density at radius 2 is 1.79 bits per heavy atom. The summed E-state index contributed by atoms with van der Waals surface area (Å²) in [5, 5.41) is 10.7. The molecule has 0 bridgehead atoms. The van der Waals surface area contributed by atoms with E-state index in [4.69, 9.17) is 4.74 Å². The number of nitrogens with one attached hydrogen (secondary N) is 2. The molecule has 148 valence electrons. The van der Waals surface area contributed by atoms with E-state index < -0.39 is 11.6 Å². The number of ether oxygens (including phenoxy) is 1. The molecule has 2 N–H and O–H groups in total. The molecule has 0 fully saturated rings. The van der Waals surface area contributed by atoms with Gasteiger partial charge < -0.3 is 15.4 Å². The van der Waals surface area contributed by atoms with Gasteiger partial charge in [0.15, 0.2) is 0 Å². The zero-order valence-electron chi connectivity index (χ0n) is 15.9.